The lowest BCUT2D eigenvalue weighted by molar-refractivity contribution is 0.0269. The van der Waals surface area contributed by atoms with Gasteiger partial charge < -0.3 is 19.5 Å². The Hall–Kier alpha value is -2.09. The Labute approximate surface area is 135 Å². The minimum absolute atomic E-state index is 0.161. The maximum absolute atomic E-state index is 12.1. The number of amides is 1. The normalized spacial score (nSPS) is 21.3. The lowest BCUT2D eigenvalue weighted by Gasteiger charge is -2.24. The molecule has 0 aliphatic carbocycles. The van der Waals surface area contributed by atoms with E-state index in [4.69, 9.17) is 9.47 Å². The number of aliphatic hydroxyl groups is 1. The smallest absolute Gasteiger partial charge is 0.410 e. The molecule has 0 saturated carbocycles. The monoisotopic (exact) mass is 325 g/mol. The van der Waals surface area contributed by atoms with Gasteiger partial charge in [-0.15, -0.1) is 0 Å². The van der Waals surface area contributed by atoms with E-state index >= 15 is 0 Å². The minimum Gasteiger partial charge on any atom is -0.462 e. The van der Waals surface area contributed by atoms with Crippen LogP contribution in [0.1, 0.15) is 44.1 Å². The molecule has 1 saturated heterocycles. The van der Waals surface area contributed by atoms with Crippen molar-refractivity contribution in [3.8, 4) is 0 Å². The Kier molecular flexibility index (Phi) is 4.93. The second-order valence-corrected chi connectivity index (χ2v) is 6.45. The van der Waals surface area contributed by atoms with Gasteiger partial charge in [-0.05, 0) is 27.7 Å². The largest absolute Gasteiger partial charge is 0.462 e. The lowest BCUT2D eigenvalue weighted by Crippen LogP contribution is -2.35. The van der Waals surface area contributed by atoms with E-state index in [-0.39, 0.29) is 19.7 Å². The van der Waals surface area contributed by atoms with E-state index in [9.17, 15) is 14.7 Å². The quantitative estimate of drug-likeness (QED) is 0.840. The predicted molar refractivity (Wildman–Crippen MR) is 81.0 cm³/mol. The first-order chi connectivity index (χ1) is 10.7. The van der Waals surface area contributed by atoms with Crippen molar-refractivity contribution in [2.24, 2.45) is 0 Å². The Morgan fingerprint density at radius 1 is 1.39 bits per heavy atom. The molecule has 1 aromatic heterocycles. The lowest BCUT2D eigenvalue weighted by atomic mass is 10.2. The molecule has 2 atom stereocenters. The maximum atomic E-state index is 12.1. The number of rotatable bonds is 3. The second-order valence-electron chi connectivity index (χ2n) is 6.45. The van der Waals surface area contributed by atoms with E-state index in [0.29, 0.717) is 5.56 Å². The summed E-state index contributed by atoms with van der Waals surface area (Å²) in [7, 11) is 0. The molecule has 0 bridgehead atoms. The van der Waals surface area contributed by atoms with Crippen LogP contribution in [0.2, 0.25) is 0 Å². The van der Waals surface area contributed by atoms with Gasteiger partial charge in [0.05, 0.1) is 37.1 Å². The number of ether oxygens (including phenoxy) is 2. The number of hydrogen-bond acceptors (Lipinski definition) is 6. The highest BCUT2D eigenvalue weighted by atomic mass is 16.6. The van der Waals surface area contributed by atoms with Crippen LogP contribution in [0.15, 0.2) is 12.4 Å². The average molecular weight is 325 g/mol. The Morgan fingerprint density at radius 3 is 2.70 bits per heavy atom. The third kappa shape index (κ3) is 4.22. The van der Waals surface area contributed by atoms with E-state index in [2.05, 4.69) is 5.10 Å². The molecule has 0 radical (unpaired) electrons. The van der Waals surface area contributed by atoms with E-state index in [1.54, 1.807) is 27.7 Å². The highest BCUT2D eigenvalue weighted by molar-refractivity contribution is 5.88. The summed E-state index contributed by atoms with van der Waals surface area (Å²) in [5.74, 6) is -0.463. The van der Waals surface area contributed by atoms with Gasteiger partial charge in [0.1, 0.15) is 5.60 Å². The number of β-amino-alcohol motifs (C(OH)–C–C–N with tert-alkyl or cyclic N) is 1. The van der Waals surface area contributed by atoms with Gasteiger partial charge in [-0.3, -0.25) is 4.68 Å². The summed E-state index contributed by atoms with van der Waals surface area (Å²) in [4.78, 5) is 25.2. The molecule has 1 aliphatic heterocycles. The SMILES string of the molecule is CCOC(=O)c1cnn(C2CN(C(=O)OC(C)(C)C)CC2O)c1. The van der Waals surface area contributed by atoms with Gasteiger partial charge in [0.2, 0.25) is 0 Å². The van der Waals surface area contributed by atoms with Crippen molar-refractivity contribution in [1.29, 1.82) is 0 Å². The molecule has 0 aromatic carbocycles. The fourth-order valence-electron chi connectivity index (χ4n) is 2.34. The Balaban J connectivity index is 2.04. The van der Waals surface area contributed by atoms with Gasteiger partial charge in [-0.2, -0.15) is 5.10 Å². The standard InChI is InChI=1S/C15H23N3O5/c1-5-22-13(20)10-6-16-18(7-10)11-8-17(9-12(11)19)14(21)23-15(2,3)4/h6-7,11-12,19H,5,8-9H2,1-4H3. The summed E-state index contributed by atoms with van der Waals surface area (Å²) in [6, 6.07) is -0.425. The molecule has 0 spiro atoms. The van der Waals surface area contributed by atoms with Crippen LogP contribution < -0.4 is 0 Å². The number of esters is 1. The molecule has 2 rings (SSSR count). The molecule has 23 heavy (non-hydrogen) atoms. The summed E-state index contributed by atoms with van der Waals surface area (Å²) >= 11 is 0. The fraction of sp³-hybridized carbons (Fsp3) is 0.667. The van der Waals surface area contributed by atoms with E-state index < -0.39 is 29.8 Å². The number of aliphatic hydroxyl groups excluding tert-OH is 1. The maximum Gasteiger partial charge on any atom is 0.410 e. The molecule has 8 heteroatoms. The van der Waals surface area contributed by atoms with Crippen LogP contribution in [0, 0.1) is 0 Å². The van der Waals surface area contributed by atoms with Crippen LogP contribution in [0.4, 0.5) is 4.79 Å². The van der Waals surface area contributed by atoms with Crippen molar-refractivity contribution in [1.82, 2.24) is 14.7 Å². The third-order valence-electron chi connectivity index (χ3n) is 3.36. The summed E-state index contributed by atoms with van der Waals surface area (Å²) in [5, 5.41) is 14.3. The van der Waals surface area contributed by atoms with Gasteiger partial charge >= 0.3 is 12.1 Å². The number of nitrogens with zero attached hydrogens (tertiary/aromatic N) is 3. The van der Waals surface area contributed by atoms with Gasteiger partial charge in [0.15, 0.2) is 0 Å². The van der Waals surface area contributed by atoms with E-state index in [1.807, 2.05) is 0 Å². The Morgan fingerprint density at radius 2 is 2.09 bits per heavy atom. The summed E-state index contributed by atoms with van der Waals surface area (Å²) in [6.07, 6.45) is 1.65. The van der Waals surface area contributed by atoms with E-state index in [1.165, 1.54) is 22.0 Å². The van der Waals surface area contributed by atoms with Crippen LogP contribution in [0.25, 0.3) is 0 Å². The molecule has 1 aliphatic rings. The number of aromatic nitrogens is 2. The predicted octanol–water partition coefficient (Wildman–Crippen LogP) is 1.21. The molecule has 8 nitrogen and oxygen atoms in total. The number of hydrogen-bond donors (Lipinski definition) is 1. The first-order valence-electron chi connectivity index (χ1n) is 7.58. The van der Waals surface area contributed by atoms with Crippen molar-refractivity contribution in [2.45, 2.75) is 45.4 Å². The molecule has 1 aromatic rings. The molecular formula is C15H23N3O5. The minimum atomic E-state index is -0.780. The molecule has 1 amide bonds. The highest BCUT2D eigenvalue weighted by Gasteiger charge is 2.37. The molecule has 2 heterocycles. The molecule has 128 valence electrons. The third-order valence-corrected chi connectivity index (χ3v) is 3.36. The summed E-state index contributed by atoms with van der Waals surface area (Å²) < 4.78 is 11.7. The van der Waals surface area contributed by atoms with Gasteiger partial charge in [-0.1, -0.05) is 0 Å². The van der Waals surface area contributed by atoms with Crippen molar-refractivity contribution in [2.75, 3.05) is 19.7 Å². The average Bonchev–Trinajstić information content (AvgIpc) is 3.03. The molecule has 1 N–H and O–H groups in total. The number of carbonyl (C=O) groups is 2. The van der Waals surface area contributed by atoms with Crippen LogP contribution in [-0.4, -0.2) is 63.3 Å². The second kappa shape index (κ2) is 6.57. The fourth-order valence-corrected chi connectivity index (χ4v) is 2.34. The highest BCUT2D eigenvalue weighted by Crippen LogP contribution is 2.24. The van der Waals surface area contributed by atoms with Crippen molar-refractivity contribution < 1.29 is 24.2 Å². The molecular weight excluding hydrogens is 302 g/mol. The number of carbonyl (C=O) groups excluding carboxylic acids is 2. The van der Waals surface area contributed by atoms with Crippen molar-refractivity contribution in [3.05, 3.63) is 18.0 Å². The summed E-state index contributed by atoms with van der Waals surface area (Å²) in [6.45, 7) is 7.79. The molecule has 1 fully saturated rings. The zero-order valence-corrected chi connectivity index (χ0v) is 13.9. The summed E-state index contributed by atoms with van der Waals surface area (Å²) in [5.41, 5.74) is -0.280. The zero-order chi connectivity index (χ0) is 17.2. The Bertz CT molecular complexity index is 578. The first kappa shape index (κ1) is 17.3. The van der Waals surface area contributed by atoms with Crippen LogP contribution >= 0.6 is 0 Å². The van der Waals surface area contributed by atoms with Gasteiger partial charge in [0, 0.05) is 12.7 Å². The zero-order valence-electron chi connectivity index (χ0n) is 13.9. The van der Waals surface area contributed by atoms with Crippen LogP contribution in [-0.2, 0) is 9.47 Å². The van der Waals surface area contributed by atoms with Crippen molar-refractivity contribution >= 4 is 12.1 Å². The van der Waals surface area contributed by atoms with Crippen LogP contribution in [0.5, 0.6) is 0 Å². The van der Waals surface area contributed by atoms with Gasteiger partial charge in [-0.25, -0.2) is 9.59 Å². The topological polar surface area (TPSA) is 93.9 Å². The van der Waals surface area contributed by atoms with E-state index in [0.717, 1.165) is 0 Å². The first-order valence-corrected chi connectivity index (χ1v) is 7.58. The molecule has 2 unspecified atom stereocenters. The van der Waals surface area contributed by atoms with Gasteiger partial charge in [0.25, 0.3) is 0 Å². The van der Waals surface area contributed by atoms with Crippen molar-refractivity contribution in [3.63, 3.8) is 0 Å². The number of likely N-dealkylation sites (tertiary alicyclic amines) is 1. The van der Waals surface area contributed by atoms with Crippen LogP contribution in [0.3, 0.4) is 0 Å².